The van der Waals surface area contributed by atoms with Gasteiger partial charge in [-0.3, -0.25) is 25.0 Å². The molecule has 1 saturated heterocycles. The number of carbonyl (C=O) groups is 3. The number of hydrogen-bond acceptors (Lipinski definition) is 5. The molecule has 2 heterocycles. The van der Waals surface area contributed by atoms with E-state index in [4.69, 9.17) is 0 Å². The Labute approximate surface area is 189 Å². The van der Waals surface area contributed by atoms with Crippen molar-refractivity contribution in [2.75, 3.05) is 4.90 Å². The van der Waals surface area contributed by atoms with Crippen LogP contribution in [-0.2, 0) is 9.59 Å². The van der Waals surface area contributed by atoms with Crippen molar-refractivity contribution in [3.8, 4) is 5.69 Å². The lowest BCUT2D eigenvalue weighted by molar-refractivity contribution is -0.384. The first-order valence-electron chi connectivity index (χ1n) is 10.1. The second-order valence-corrected chi connectivity index (χ2v) is 7.73. The number of nitro benzene ring substituents is 1. The Bertz CT molecular complexity index is 1330. The van der Waals surface area contributed by atoms with E-state index < -0.39 is 22.8 Å². The van der Waals surface area contributed by atoms with Crippen LogP contribution in [0.15, 0.2) is 60.2 Å². The number of benzene rings is 2. The molecule has 0 unspecified atom stereocenters. The van der Waals surface area contributed by atoms with Gasteiger partial charge >= 0.3 is 6.03 Å². The highest BCUT2D eigenvalue weighted by atomic mass is 16.6. The van der Waals surface area contributed by atoms with Crippen LogP contribution in [0.25, 0.3) is 11.8 Å². The average Bonchev–Trinajstić information content (AvgIpc) is 3.05. The number of hydrogen-bond donors (Lipinski definition) is 1. The third kappa shape index (κ3) is 3.91. The molecule has 9 heteroatoms. The molecule has 0 saturated carbocycles. The summed E-state index contributed by atoms with van der Waals surface area (Å²) in [5.74, 6) is -1.48. The number of carbonyl (C=O) groups excluding carboxylic acids is 3. The third-order valence-electron chi connectivity index (χ3n) is 5.48. The molecule has 0 radical (unpaired) electrons. The monoisotopic (exact) mass is 444 g/mol. The van der Waals surface area contributed by atoms with Crippen LogP contribution >= 0.6 is 0 Å². The van der Waals surface area contributed by atoms with Crippen molar-refractivity contribution in [2.45, 2.75) is 20.8 Å². The van der Waals surface area contributed by atoms with Gasteiger partial charge in [0.05, 0.1) is 10.6 Å². The highest BCUT2D eigenvalue weighted by Gasteiger charge is 2.37. The van der Waals surface area contributed by atoms with E-state index in [2.05, 4.69) is 5.32 Å². The predicted molar refractivity (Wildman–Crippen MR) is 122 cm³/mol. The van der Waals surface area contributed by atoms with Crippen LogP contribution < -0.4 is 10.2 Å². The molecule has 0 bridgehead atoms. The molecule has 0 aliphatic carbocycles. The number of amides is 4. The average molecular weight is 444 g/mol. The standard InChI is InChI=1S/C24H20N4O5/c1-14-4-6-19(7-5-14)27-23(30)21(22(29)25-24(27)31)13-17-12-15(2)26(16(17)3)18-8-10-20(11-9-18)28(32)33/h4-13H,1-3H3,(H,25,29,31)/b21-13+. The van der Waals surface area contributed by atoms with Gasteiger partial charge in [-0.1, -0.05) is 17.7 Å². The van der Waals surface area contributed by atoms with Crippen molar-refractivity contribution < 1.29 is 19.3 Å². The van der Waals surface area contributed by atoms with Crippen LogP contribution in [0.3, 0.4) is 0 Å². The number of aromatic nitrogens is 1. The molecule has 0 spiro atoms. The van der Waals surface area contributed by atoms with Crippen LogP contribution in [-0.4, -0.2) is 27.3 Å². The smallest absolute Gasteiger partial charge is 0.318 e. The van der Waals surface area contributed by atoms with Gasteiger partial charge in [-0.2, -0.15) is 0 Å². The zero-order chi connectivity index (χ0) is 23.9. The van der Waals surface area contributed by atoms with Gasteiger partial charge in [-0.15, -0.1) is 0 Å². The van der Waals surface area contributed by atoms with E-state index in [9.17, 15) is 24.5 Å². The van der Waals surface area contributed by atoms with E-state index >= 15 is 0 Å². The van der Waals surface area contributed by atoms with Crippen molar-refractivity contribution in [1.29, 1.82) is 0 Å². The van der Waals surface area contributed by atoms with Crippen LogP contribution in [0.4, 0.5) is 16.2 Å². The predicted octanol–water partition coefficient (Wildman–Crippen LogP) is 3.98. The molecular formula is C24H20N4O5. The minimum Gasteiger partial charge on any atom is -0.318 e. The summed E-state index contributed by atoms with van der Waals surface area (Å²) in [5.41, 5.74) is 4.00. The zero-order valence-corrected chi connectivity index (χ0v) is 18.2. The van der Waals surface area contributed by atoms with E-state index in [1.54, 1.807) is 42.5 Å². The summed E-state index contributed by atoms with van der Waals surface area (Å²) in [6.45, 7) is 5.55. The van der Waals surface area contributed by atoms with E-state index in [0.29, 0.717) is 16.9 Å². The lowest BCUT2D eigenvalue weighted by Gasteiger charge is -2.26. The number of nitro groups is 1. The molecule has 1 fully saturated rings. The van der Waals surface area contributed by atoms with Crippen LogP contribution in [0.1, 0.15) is 22.5 Å². The first kappa shape index (κ1) is 21.7. The number of barbiturate groups is 1. The molecule has 9 nitrogen and oxygen atoms in total. The molecular weight excluding hydrogens is 424 g/mol. The van der Waals surface area contributed by atoms with Gasteiger partial charge in [0.15, 0.2) is 0 Å². The Hall–Kier alpha value is -4.53. The number of urea groups is 1. The maximum absolute atomic E-state index is 13.1. The number of imide groups is 2. The molecule has 3 aromatic rings. The Balaban J connectivity index is 1.73. The van der Waals surface area contributed by atoms with Crippen LogP contribution in [0.2, 0.25) is 0 Å². The van der Waals surface area contributed by atoms with E-state index in [1.165, 1.54) is 18.2 Å². The van der Waals surface area contributed by atoms with E-state index in [0.717, 1.165) is 21.9 Å². The fourth-order valence-corrected chi connectivity index (χ4v) is 3.80. The summed E-state index contributed by atoms with van der Waals surface area (Å²) in [5, 5.41) is 13.2. The minimum absolute atomic E-state index is 0.0195. The van der Waals surface area contributed by atoms with E-state index in [-0.39, 0.29) is 11.3 Å². The fourth-order valence-electron chi connectivity index (χ4n) is 3.80. The molecule has 1 N–H and O–H groups in total. The molecule has 0 atom stereocenters. The number of nitrogens with zero attached hydrogens (tertiary/aromatic N) is 3. The zero-order valence-electron chi connectivity index (χ0n) is 18.2. The van der Waals surface area contributed by atoms with Crippen molar-refractivity contribution in [3.05, 3.63) is 92.8 Å². The maximum atomic E-state index is 13.1. The van der Waals surface area contributed by atoms with Crippen LogP contribution in [0.5, 0.6) is 0 Å². The largest absolute Gasteiger partial charge is 0.335 e. The lowest BCUT2D eigenvalue weighted by Crippen LogP contribution is -2.54. The molecule has 166 valence electrons. The number of anilines is 1. The summed E-state index contributed by atoms with van der Waals surface area (Å²) in [6, 6.07) is 13.9. The van der Waals surface area contributed by atoms with E-state index in [1.807, 2.05) is 25.3 Å². The molecule has 1 aliphatic heterocycles. The summed E-state index contributed by atoms with van der Waals surface area (Å²) >= 11 is 0. The van der Waals surface area contributed by atoms with Crippen molar-refractivity contribution in [1.82, 2.24) is 9.88 Å². The Morgan fingerprint density at radius 1 is 0.909 bits per heavy atom. The first-order valence-corrected chi connectivity index (χ1v) is 10.1. The van der Waals surface area contributed by atoms with Gasteiger partial charge in [-0.05, 0) is 62.7 Å². The Kier molecular flexibility index (Phi) is 5.39. The van der Waals surface area contributed by atoms with Crippen LogP contribution in [0, 0.1) is 30.9 Å². The SMILES string of the molecule is Cc1ccc(N2C(=O)NC(=O)/C(=C\c3cc(C)n(-c4ccc([N+](=O)[O-])cc4)c3C)C2=O)cc1. The van der Waals surface area contributed by atoms with Crippen molar-refractivity contribution >= 4 is 35.3 Å². The first-order chi connectivity index (χ1) is 15.7. The summed E-state index contributed by atoms with van der Waals surface area (Å²) in [6.07, 6.45) is 1.45. The quantitative estimate of drug-likeness (QED) is 0.283. The number of nitrogens with one attached hydrogen (secondary N) is 1. The molecule has 2 aromatic carbocycles. The van der Waals surface area contributed by atoms with Crippen molar-refractivity contribution in [2.24, 2.45) is 0 Å². The second-order valence-electron chi connectivity index (χ2n) is 7.73. The molecule has 1 aliphatic rings. The third-order valence-corrected chi connectivity index (χ3v) is 5.48. The molecule has 4 amide bonds. The Morgan fingerprint density at radius 2 is 1.52 bits per heavy atom. The van der Waals surface area contributed by atoms with Gasteiger partial charge in [0, 0.05) is 29.2 Å². The van der Waals surface area contributed by atoms with Gasteiger partial charge in [-0.25, -0.2) is 9.69 Å². The highest BCUT2D eigenvalue weighted by molar-refractivity contribution is 6.39. The van der Waals surface area contributed by atoms with Gasteiger partial charge < -0.3 is 4.57 Å². The molecule has 1 aromatic heterocycles. The lowest BCUT2D eigenvalue weighted by atomic mass is 10.1. The van der Waals surface area contributed by atoms with Gasteiger partial charge in [0.2, 0.25) is 0 Å². The highest BCUT2D eigenvalue weighted by Crippen LogP contribution is 2.27. The van der Waals surface area contributed by atoms with Crippen molar-refractivity contribution in [3.63, 3.8) is 0 Å². The summed E-state index contributed by atoms with van der Waals surface area (Å²) in [7, 11) is 0. The van der Waals surface area contributed by atoms with Gasteiger partial charge in [0.1, 0.15) is 5.57 Å². The summed E-state index contributed by atoms with van der Waals surface area (Å²) < 4.78 is 1.87. The molecule has 4 rings (SSSR count). The number of non-ortho nitro benzene ring substituents is 1. The Morgan fingerprint density at radius 3 is 2.12 bits per heavy atom. The summed E-state index contributed by atoms with van der Waals surface area (Å²) in [4.78, 5) is 49.4. The maximum Gasteiger partial charge on any atom is 0.335 e. The normalized spacial score (nSPS) is 15.2. The minimum atomic E-state index is -0.803. The van der Waals surface area contributed by atoms with Gasteiger partial charge in [0.25, 0.3) is 17.5 Å². The molecule has 33 heavy (non-hydrogen) atoms. The number of rotatable bonds is 4. The fraction of sp³-hybridized carbons (Fsp3) is 0.125. The second kappa shape index (κ2) is 8.19. The number of aryl methyl sites for hydroxylation is 2. The topological polar surface area (TPSA) is 115 Å².